The molecule has 0 saturated heterocycles. The number of hydrogen-bond acceptors (Lipinski definition) is 8. The first-order valence-corrected chi connectivity index (χ1v) is 15.2. The van der Waals surface area contributed by atoms with E-state index in [1.807, 2.05) is 0 Å². The molecule has 0 atom stereocenters. The predicted molar refractivity (Wildman–Crippen MR) is 151 cm³/mol. The van der Waals surface area contributed by atoms with Gasteiger partial charge in [-0.05, 0) is 68.5 Å². The number of rotatable bonds is 10. The van der Waals surface area contributed by atoms with Crippen molar-refractivity contribution in [3.63, 3.8) is 0 Å². The van der Waals surface area contributed by atoms with Crippen LogP contribution in [0.1, 0.15) is 46.1 Å². The van der Waals surface area contributed by atoms with Crippen molar-refractivity contribution >= 4 is 43.9 Å². The summed E-state index contributed by atoms with van der Waals surface area (Å²) in [6.45, 7) is 0.882. The molecule has 1 heterocycles. The van der Waals surface area contributed by atoms with E-state index >= 15 is 0 Å². The molecular weight excluding hydrogens is 597 g/mol. The Morgan fingerprint density at radius 1 is 1.02 bits per heavy atom. The molecule has 2 aromatic carbocycles. The molecule has 1 aliphatic rings. The number of carbonyl (C=O) groups excluding carboxylic acids is 2. The number of sulfonamides is 1. The molecule has 0 fully saturated rings. The summed E-state index contributed by atoms with van der Waals surface area (Å²) in [6.07, 6.45) is -1.65. The highest BCUT2D eigenvalue weighted by Crippen LogP contribution is 2.39. The first-order chi connectivity index (χ1) is 19.9. The van der Waals surface area contributed by atoms with E-state index in [-0.39, 0.29) is 39.3 Å². The van der Waals surface area contributed by atoms with Gasteiger partial charge in [-0.25, -0.2) is 13.2 Å². The highest BCUT2D eigenvalue weighted by Gasteiger charge is 2.34. The summed E-state index contributed by atoms with van der Waals surface area (Å²) in [5.41, 5.74) is -0.472. The van der Waals surface area contributed by atoms with Gasteiger partial charge in [-0.15, -0.1) is 11.3 Å². The molecular formula is C28H29F3N2O7S2. The molecule has 14 heteroatoms. The van der Waals surface area contributed by atoms with Gasteiger partial charge in [0.1, 0.15) is 11.5 Å². The summed E-state index contributed by atoms with van der Waals surface area (Å²) in [7, 11) is -1.96. The van der Waals surface area contributed by atoms with E-state index in [1.54, 1.807) is 6.92 Å². The number of esters is 1. The molecule has 0 radical (unpaired) electrons. The minimum Gasteiger partial charge on any atom is -0.493 e. The van der Waals surface area contributed by atoms with Crippen molar-refractivity contribution in [2.75, 3.05) is 37.0 Å². The molecule has 1 aromatic heterocycles. The molecule has 42 heavy (non-hydrogen) atoms. The highest BCUT2D eigenvalue weighted by atomic mass is 32.2. The van der Waals surface area contributed by atoms with Crippen molar-refractivity contribution in [3.8, 4) is 11.5 Å². The molecule has 0 saturated carbocycles. The number of fused-ring (bicyclic) bond motifs is 1. The number of aryl methyl sites for hydroxylation is 1. The zero-order valence-electron chi connectivity index (χ0n) is 23.0. The van der Waals surface area contributed by atoms with Crippen LogP contribution in [0.5, 0.6) is 11.5 Å². The lowest BCUT2D eigenvalue weighted by molar-refractivity contribution is -0.137. The lowest BCUT2D eigenvalue weighted by Crippen LogP contribution is -2.38. The number of halogens is 3. The minimum atomic E-state index is -4.76. The lowest BCUT2D eigenvalue weighted by atomic mass is 9.95. The van der Waals surface area contributed by atoms with Gasteiger partial charge in [0, 0.05) is 10.9 Å². The molecule has 9 nitrogen and oxygen atoms in total. The maximum Gasteiger partial charge on any atom is 0.416 e. The monoisotopic (exact) mass is 626 g/mol. The number of ether oxygens (including phenoxy) is 3. The van der Waals surface area contributed by atoms with Crippen LogP contribution in [0.3, 0.4) is 0 Å². The van der Waals surface area contributed by atoms with Gasteiger partial charge < -0.3 is 19.5 Å². The van der Waals surface area contributed by atoms with Gasteiger partial charge in [0.05, 0.1) is 42.5 Å². The summed E-state index contributed by atoms with van der Waals surface area (Å²) in [5.74, 6) is -1.18. The number of anilines is 2. The Kier molecular flexibility index (Phi) is 9.36. The van der Waals surface area contributed by atoms with Gasteiger partial charge in [0.15, 0.2) is 11.5 Å². The van der Waals surface area contributed by atoms with Crippen LogP contribution in [-0.4, -0.2) is 47.7 Å². The third kappa shape index (κ3) is 6.49. The SMILES string of the molecule is CCOC(=O)c1c(NC(=O)CN(c2cccc(C(F)(F)F)c2)S(=O)(=O)c2ccc(OC)c(OC)c2)sc2c1CCCC2. The molecule has 4 rings (SSSR count). The molecule has 0 spiro atoms. The predicted octanol–water partition coefficient (Wildman–Crippen LogP) is 5.67. The Morgan fingerprint density at radius 3 is 2.40 bits per heavy atom. The van der Waals surface area contributed by atoms with Crippen LogP contribution in [0.25, 0.3) is 0 Å². The Hall–Kier alpha value is -3.78. The van der Waals surface area contributed by atoms with Gasteiger partial charge in [0.25, 0.3) is 10.0 Å². The first-order valence-electron chi connectivity index (χ1n) is 12.9. The first kappa shape index (κ1) is 31.2. The molecule has 226 valence electrons. The highest BCUT2D eigenvalue weighted by molar-refractivity contribution is 7.92. The summed E-state index contributed by atoms with van der Waals surface area (Å²) in [4.78, 5) is 26.8. The third-order valence-corrected chi connectivity index (χ3v) is 9.57. The molecule has 0 bridgehead atoms. The fraction of sp³-hybridized carbons (Fsp3) is 0.357. The van der Waals surface area contributed by atoms with E-state index in [1.165, 1.54) is 37.7 Å². The van der Waals surface area contributed by atoms with E-state index in [0.717, 1.165) is 47.5 Å². The van der Waals surface area contributed by atoms with Gasteiger partial charge in [-0.2, -0.15) is 13.2 Å². The number of nitrogens with one attached hydrogen (secondary N) is 1. The zero-order chi connectivity index (χ0) is 30.7. The molecule has 1 aliphatic carbocycles. The van der Waals surface area contributed by atoms with Gasteiger partial charge in [-0.1, -0.05) is 6.07 Å². The number of benzene rings is 2. The van der Waals surface area contributed by atoms with Crippen molar-refractivity contribution in [3.05, 3.63) is 64.0 Å². The maximum atomic E-state index is 13.9. The third-order valence-electron chi connectivity index (χ3n) is 6.60. The quantitative estimate of drug-likeness (QED) is 0.289. The molecule has 0 aliphatic heterocycles. The average Bonchev–Trinajstić information content (AvgIpc) is 3.32. The van der Waals surface area contributed by atoms with E-state index in [9.17, 15) is 31.2 Å². The Bertz CT molecular complexity index is 1590. The van der Waals surface area contributed by atoms with Crippen LogP contribution in [0.4, 0.5) is 23.9 Å². The van der Waals surface area contributed by atoms with Crippen molar-refractivity contribution in [2.45, 2.75) is 43.7 Å². The second-order valence-electron chi connectivity index (χ2n) is 9.26. The topological polar surface area (TPSA) is 111 Å². The Balaban J connectivity index is 1.75. The van der Waals surface area contributed by atoms with Crippen LogP contribution < -0.4 is 19.1 Å². The van der Waals surface area contributed by atoms with Crippen molar-refractivity contribution < 1.29 is 45.4 Å². The number of methoxy groups -OCH3 is 2. The van der Waals surface area contributed by atoms with Crippen molar-refractivity contribution in [2.24, 2.45) is 0 Å². The minimum absolute atomic E-state index is 0.0651. The van der Waals surface area contributed by atoms with Crippen LogP contribution in [0.15, 0.2) is 47.4 Å². The average molecular weight is 627 g/mol. The Morgan fingerprint density at radius 2 is 1.74 bits per heavy atom. The number of hydrogen-bond donors (Lipinski definition) is 1. The molecule has 0 unspecified atom stereocenters. The number of alkyl halides is 3. The van der Waals surface area contributed by atoms with Crippen LogP contribution >= 0.6 is 11.3 Å². The summed E-state index contributed by atoms with van der Waals surface area (Å²) in [6, 6.07) is 7.35. The Labute approximate surface area is 245 Å². The van der Waals surface area contributed by atoms with Gasteiger partial charge in [0.2, 0.25) is 5.91 Å². The standard InChI is InChI=1S/C28H29F3N2O7S2/c1-4-40-27(35)25-20-10-5-6-11-23(20)41-26(25)32-24(34)16-33(18-9-7-8-17(14-18)28(29,30)31)42(36,37)19-12-13-21(38-2)22(15-19)39-3/h7-9,12-15H,4-6,10-11,16H2,1-3H3,(H,32,34). The van der Waals surface area contributed by atoms with E-state index in [0.29, 0.717) is 23.2 Å². The number of thiophene rings is 1. The smallest absolute Gasteiger partial charge is 0.416 e. The van der Waals surface area contributed by atoms with Gasteiger partial charge >= 0.3 is 12.1 Å². The number of carbonyl (C=O) groups is 2. The largest absolute Gasteiger partial charge is 0.493 e. The zero-order valence-corrected chi connectivity index (χ0v) is 24.7. The fourth-order valence-electron chi connectivity index (χ4n) is 4.63. The number of amides is 1. The van der Waals surface area contributed by atoms with Gasteiger partial charge in [-0.3, -0.25) is 9.10 Å². The van der Waals surface area contributed by atoms with E-state index in [4.69, 9.17) is 14.2 Å². The molecule has 3 aromatic rings. The summed E-state index contributed by atoms with van der Waals surface area (Å²) >= 11 is 1.21. The number of nitrogens with zero attached hydrogens (tertiary/aromatic N) is 1. The maximum absolute atomic E-state index is 13.9. The van der Waals surface area contributed by atoms with Crippen LogP contribution in [0.2, 0.25) is 0 Å². The lowest BCUT2D eigenvalue weighted by Gasteiger charge is -2.25. The second-order valence-corrected chi connectivity index (χ2v) is 12.2. The fourth-order valence-corrected chi connectivity index (χ4v) is 7.35. The van der Waals surface area contributed by atoms with Crippen LogP contribution in [0, 0.1) is 0 Å². The summed E-state index contributed by atoms with van der Waals surface area (Å²) in [5, 5.41) is 2.83. The van der Waals surface area contributed by atoms with E-state index < -0.39 is 40.2 Å². The summed E-state index contributed by atoms with van der Waals surface area (Å²) < 4.78 is 84.5. The normalized spacial score (nSPS) is 13.2. The van der Waals surface area contributed by atoms with Crippen molar-refractivity contribution in [1.82, 2.24) is 0 Å². The molecule has 1 N–H and O–H groups in total. The van der Waals surface area contributed by atoms with E-state index in [2.05, 4.69) is 5.32 Å². The van der Waals surface area contributed by atoms with Crippen molar-refractivity contribution in [1.29, 1.82) is 0 Å². The second kappa shape index (κ2) is 12.6. The molecule has 1 amide bonds. The van der Waals surface area contributed by atoms with Crippen LogP contribution in [-0.2, 0) is 38.6 Å².